The van der Waals surface area contributed by atoms with E-state index in [0.717, 1.165) is 0 Å². The Morgan fingerprint density at radius 1 is 0.556 bits per heavy atom. The number of hydrogen-bond acceptors (Lipinski definition) is 1. The Morgan fingerprint density at radius 2 is 1.22 bits per heavy atom. The van der Waals surface area contributed by atoms with Crippen LogP contribution in [0.5, 0.6) is 0 Å². The lowest BCUT2D eigenvalue weighted by Crippen LogP contribution is -2.40. The van der Waals surface area contributed by atoms with Gasteiger partial charge in [0.1, 0.15) is 0 Å². The first-order valence-corrected chi connectivity index (χ1v) is 16.4. The summed E-state index contributed by atoms with van der Waals surface area (Å²) in [6.45, 7) is 2.49. The highest BCUT2D eigenvalue weighted by Crippen LogP contribution is 2.59. The quantitative estimate of drug-likeness (QED) is 0.189. The second kappa shape index (κ2) is 9.19. The highest BCUT2D eigenvalue weighted by molar-refractivity contribution is 6.28. The van der Waals surface area contributed by atoms with Gasteiger partial charge in [-0.15, -0.1) is 0 Å². The average Bonchev–Trinajstić information content (AvgIpc) is 3.59. The maximum atomic E-state index is 2.64. The van der Waals surface area contributed by atoms with E-state index >= 15 is 0 Å². The first kappa shape index (κ1) is 25.2. The lowest BCUT2D eigenvalue weighted by atomic mass is 9.84. The molecular weight excluding hydrogens is 542 g/mol. The molecule has 1 heterocycles. The molecule has 2 aliphatic rings. The van der Waals surface area contributed by atoms with Crippen molar-refractivity contribution in [1.29, 1.82) is 0 Å². The van der Waals surface area contributed by atoms with Gasteiger partial charge in [0.15, 0.2) is 0 Å². The van der Waals surface area contributed by atoms with E-state index in [1.165, 1.54) is 102 Å². The minimum absolute atomic E-state index is 0.128. The molecule has 0 bridgehead atoms. The topological polar surface area (TPSA) is 3.24 Å². The third kappa shape index (κ3) is 3.44. The summed E-state index contributed by atoms with van der Waals surface area (Å²) < 4.78 is 0. The Hall–Kier alpha value is -5.14. The van der Waals surface area contributed by atoms with Crippen molar-refractivity contribution in [3.63, 3.8) is 0 Å². The van der Waals surface area contributed by atoms with Crippen molar-refractivity contribution in [1.82, 2.24) is 0 Å². The molecule has 1 fully saturated rings. The van der Waals surface area contributed by atoms with Gasteiger partial charge in [0.25, 0.3) is 0 Å². The SMILES string of the molecule is CC12CCCC1c1cc(-c3ccc4ccc5c(-c6cccc7ccccc67)ccc6ccc3c4c65)ccc1N2c1ccccc1. The molecule has 0 N–H and O–H groups in total. The minimum Gasteiger partial charge on any atom is -0.335 e. The van der Waals surface area contributed by atoms with Gasteiger partial charge in [-0.2, -0.15) is 0 Å². The van der Waals surface area contributed by atoms with Crippen LogP contribution in [0.15, 0.2) is 140 Å². The third-order valence-electron chi connectivity index (χ3n) is 11.2. The predicted octanol–water partition coefficient (Wildman–Crippen LogP) is 12.2. The number of para-hydroxylation sites is 1. The van der Waals surface area contributed by atoms with Crippen molar-refractivity contribution >= 4 is 54.5 Å². The smallest absolute Gasteiger partial charge is 0.0492 e. The second-order valence-corrected chi connectivity index (χ2v) is 13.4. The van der Waals surface area contributed by atoms with Crippen molar-refractivity contribution in [2.75, 3.05) is 4.90 Å². The molecule has 1 saturated carbocycles. The summed E-state index contributed by atoms with van der Waals surface area (Å²) in [5.74, 6) is 0.552. The monoisotopic (exact) mass is 575 g/mol. The Morgan fingerprint density at radius 3 is 2.04 bits per heavy atom. The lowest BCUT2D eigenvalue weighted by molar-refractivity contribution is 0.451. The van der Waals surface area contributed by atoms with Crippen molar-refractivity contribution in [2.45, 2.75) is 37.6 Å². The molecule has 0 aromatic heterocycles. The maximum Gasteiger partial charge on any atom is 0.0492 e. The first-order chi connectivity index (χ1) is 22.2. The van der Waals surface area contributed by atoms with Crippen LogP contribution in [-0.2, 0) is 0 Å². The largest absolute Gasteiger partial charge is 0.335 e. The van der Waals surface area contributed by atoms with Crippen LogP contribution in [-0.4, -0.2) is 5.54 Å². The molecule has 45 heavy (non-hydrogen) atoms. The third-order valence-corrected chi connectivity index (χ3v) is 11.2. The van der Waals surface area contributed by atoms with Crippen LogP contribution >= 0.6 is 0 Å². The molecule has 0 spiro atoms. The van der Waals surface area contributed by atoms with E-state index in [0.29, 0.717) is 5.92 Å². The van der Waals surface area contributed by atoms with Gasteiger partial charge >= 0.3 is 0 Å². The summed E-state index contributed by atoms with van der Waals surface area (Å²) in [5.41, 5.74) is 9.59. The van der Waals surface area contributed by atoms with Crippen molar-refractivity contribution in [2.24, 2.45) is 0 Å². The molecule has 214 valence electrons. The molecule has 2 atom stereocenters. The molecule has 8 aromatic carbocycles. The molecule has 1 aliphatic heterocycles. The van der Waals surface area contributed by atoms with Gasteiger partial charge in [-0.1, -0.05) is 122 Å². The molecule has 1 nitrogen and oxygen atoms in total. The van der Waals surface area contributed by atoms with E-state index in [1.807, 2.05) is 0 Å². The molecular formula is C44H33N. The van der Waals surface area contributed by atoms with Crippen LogP contribution in [0.1, 0.15) is 37.7 Å². The fourth-order valence-electron chi connectivity index (χ4n) is 9.15. The summed E-state index contributed by atoms with van der Waals surface area (Å²) >= 11 is 0. The van der Waals surface area contributed by atoms with Crippen LogP contribution in [0.2, 0.25) is 0 Å². The fraction of sp³-hybridized carbons (Fsp3) is 0.136. The molecule has 2 unspecified atom stereocenters. The maximum absolute atomic E-state index is 2.64. The van der Waals surface area contributed by atoms with Crippen molar-refractivity contribution < 1.29 is 0 Å². The van der Waals surface area contributed by atoms with E-state index < -0.39 is 0 Å². The molecule has 0 saturated heterocycles. The van der Waals surface area contributed by atoms with Gasteiger partial charge in [0.05, 0.1) is 0 Å². The summed E-state index contributed by atoms with van der Waals surface area (Å²) in [7, 11) is 0. The second-order valence-electron chi connectivity index (χ2n) is 13.4. The van der Waals surface area contributed by atoms with Crippen LogP contribution in [0.4, 0.5) is 11.4 Å². The van der Waals surface area contributed by atoms with Crippen LogP contribution in [0, 0.1) is 0 Å². The Kier molecular flexibility index (Phi) is 5.15. The predicted molar refractivity (Wildman–Crippen MR) is 192 cm³/mol. The highest BCUT2D eigenvalue weighted by atomic mass is 15.2. The van der Waals surface area contributed by atoms with Gasteiger partial charge in [0, 0.05) is 22.8 Å². The lowest BCUT2D eigenvalue weighted by Gasteiger charge is -2.37. The van der Waals surface area contributed by atoms with Crippen molar-refractivity contribution in [3.8, 4) is 22.3 Å². The summed E-state index contributed by atoms with van der Waals surface area (Å²) in [5, 5.41) is 10.6. The van der Waals surface area contributed by atoms with E-state index in [-0.39, 0.29) is 5.54 Å². The molecule has 10 rings (SSSR count). The Bertz CT molecular complexity index is 2430. The highest BCUT2D eigenvalue weighted by Gasteiger charge is 2.51. The van der Waals surface area contributed by atoms with Crippen LogP contribution in [0.3, 0.4) is 0 Å². The number of fused-ring (bicyclic) bond motifs is 4. The summed E-state index contributed by atoms with van der Waals surface area (Å²) in [6.07, 6.45) is 3.77. The van der Waals surface area contributed by atoms with Gasteiger partial charge in [-0.05, 0) is 115 Å². The van der Waals surface area contributed by atoms with Crippen LogP contribution < -0.4 is 4.90 Å². The fourth-order valence-corrected chi connectivity index (χ4v) is 9.15. The number of benzene rings is 8. The zero-order valence-electron chi connectivity index (χ0n) is 25.4. The molecule has 1 aliphatic carbocycles. The average molecular weight is 576 g/mol. The van der Waals surface area contributed by atoms with Crippen LogP contribution in [0.25, 0.3) is 65.3 Å². The van der Waals surface area contributed by atoms with E-state index in [1.54, 1.807) is 0 Å². The van der Waals surface area contributed by atoms with Gasteiger partial charge in [-0.25, -0.2) is 0 Å². The number of anilines is 2. The van der Waals surface area contributed by atoms with Crippen molar-refractivity contribution in [3.05, 3.63) is 145 Å². The zero-order chi connectivity index (χ0) is 29.7. The molecule has 0 radical (unpaired) electrons. The minimum atomic E-state index is 0.128. The number of nitrogens with zero attached hydrogens (tertiary/aromatic N) is 1. The Labute approximate surface area is 263 Å². The number of rotatable bonds is 3. The molecule has 0 amide bonds. The zero-order valence-corrected chi connectivity index (χ0v) is 25.4. The van der Waals surface area contributed by atoms with E-state index in [4.69, 9.17) is 0 Å². The molecule has 1 heteroatoms. The van der Waals surface area contributed by atoms with Gasteiger partial charge in [0.2, 0.25) is 0 Å². The van der Waals surface area contributed by atoms with E-state index in [2.05, 4.69) is 151 Å². The number of hydrogen-bond donors (Lipinski definition) is 0. The standard InChI is InChI=1S/C44H33N/c1-44-26-8-15-40(44)39-27-31(20-25-41(39)45(44)32-11-3-2-4-12-32)34-21-16-29-19-24-38-36(22-17-30-18-23-37(34)42(29)43(30)38)35-14-7-10-28-9-5-6-13-33(28)35/h2-7,9-14,16-25,27,40H,8,15,26H2,1H3. The first-order valence-electron chi connectivity index (χ1n) is 16.4. The summed E-state index contributed by atoms with van der Waals surface area (Å²) in [4.78, 5) is 2.64. The van der Waals surface area contributed by atoms with E-state index in [9.17, 15) is 0 Å². The van der Waals surface area contributed by atoms with Gasteiger partial charge < -0.3 is 4.90 Å². The normalized spacial score (nSPS) is 19.2. The molecule has 8 aromatic rings. The summed E-state index contributed by atoms with van der Waals surface area (Å²) in [6, 6.07) is 52.4. The van der Waals surface area contributed by atoms with Gasteiger partial charge in [-0.3, -0.25) is 0 Å². The Balaban J connectivity index is 1.19.